The first kappa shape index (κ1) is 23.2. The van der Waals surface area contributed by atoms with E-state index < -0.39 is 41.2 Å². The summed E-state index contributed by atoms with van der Waals surface area (Å²) in [6.45, 7) is 6.55. The van der Waals surface area contributed by atoms with Crippen LogP contribution in [0.4, 0.5) is 5.69 Å². The van der Waals surface area contributed by atoms with Gasteiger partial charge in [0, 0.05) is 19.1 Å². The second kappa shape index (κ2) is 8.61. The van der Waals surface area contributed by atoms with Gasteiger partial charge >= 0.3 is 5.97 Å². The molecule has 3 saturated heterocycles. The minimum atomic E-state index is -1.50. The number of piperazine rings is 1. The third-order valence-electron chi connectivity index (χ3n) is 7.52. The Balaban J connectivity index is 1.69. The van der Waals surface area contributed by atoms with E-state index in [1.54, 1.807) is 19.1 Å². The summed E-state index contributed by atoms with van der Waals surface area (Å²) in [7, 11) is 0. The normalized spacial score (nSPS) is 28.0. The average Bonchev–Trinajstić information content (AvgIpc) is 3.26. The largest absolute Gasteiger partial charge is 0.466 e. The molecule has 8 heteroatoms. The van der Waals surface area contributed by atoms with Crippen molar-refractivity contribution >= 4 is 29.4 Å². The summed E-state index contributed by atoms with van der Waals surface area (Å²) in [6, 6.07) is 14.4. The second-order valence-electron chi connectivity index (χ2n) is 9.56. The maximum Gasteiger partial charge on any atom is 0.308 e. The maximum atomic E-state index is 14.0. The van der Waals surface area contributed by atoms with Gasteiger partial charge in [-0.2, -0.15) is 0 Å². The molecule has 1 N–H and O–H groups in total. The van der Waals surface area contributed by atoms with Crippen LogP contribution >= 0.6 is 0 Å². The Morgan fingerprint density at radius 1 is 1.00 bits per heavy atom. The van der Waals surface area contributed by atoms with Gasteiger partial charge < -0.3 is 10.1 Å². The summed E-state index contributed by atoms with van der Waals surface area (Å²) >= 11 is 0. The topological polar surface area (TPSA) is 96.0 Å². The number of ether oxygens (including phenoxy) is 1. The van der Waals surface area contributed by atoms with Crippen LogP contribution in [-0.4, -0.2) is 53.8 Å². The fraction of sp³-hybridized carbons (Fsp3) is 0.407. The SMILES string of the molecule is CCOC(=O)CC12C(=O)NCCN1C(c1ccc(C)cc1)C1C(=O)N(c3ccc(C)cc3)C(=O)C12. The molecule has 182 valence electrons. The van der Waals surface area contributed by atoms with Gasteiger partial charge in [-0.15, -0.1) is 0 Å². The molecule has 3 fully saturated rings. The average molecular weight is 476 g/mol. The second-order valence-corrected chi connectivity index (χ2v) is 9.56. The Bertz CT molecular complexity index is 1190. The molecule has 3 amide bonds. The molecule has 2 aromatic carbocycles. The Hall–Kier alpha value is -3.52. The van der Waals surface area contributed by atoms with Gasteiger partial charge in [-0.3, -0.25) is 24.1 Å². The van der Waals surface area contributed by atoms with Crippen LogP contribution in [0, 0.1) is 25.7 Å². The zero-order valence-corrected chi connectivity index (χ0v) is 20.1. The standard InChI is InChI=1S/C27H29N3O5/c1-4-35-20(31)15-27-22-21(24(32)30(25(22)33)19-11-7-17(3)8-12-19)23(18-9-5-16(2)6-10-18)29(27)14-13-28-26(27)34/h5-12,21-23H,4,13-15H2,1-3H3,(H,28,34). The number of amides is 3. The van der Waals surface area contributed by atoms with Crippen LogP contribution in [-0.2, 0) is 23.9 Å². The van der Waals surface area contributed by atoms with Crippen LogP contribution in [0.25, 0.3) is 0 Å². The lowest BCUT2D eigenvalue weighted by atomic mass is 9.76. The van der Waals surface area contributed by atoms with E-state index in [1.807, 2.05) is 55.1 Å². The molecule has 0 saturated carbocycles. The summed E-state index contributed by atoms with van der Waals surface area (Å²) in [5, 5.41) is 2.86. The Morgan fingerprint density at radius 2 is 1.63 bits per heavy atom. The van der Waals surface area contributed by atoms with Crippen molar-refractivity contribution in [2.24, 2.45) is 11.8 Å². The quantitative estimate of drug-likeness (QED) is 0.527. The highest BCUT2D eigenvalue weighted by Gasteiger charge is 2.73. The van der Waals surface area contributed by atoms with Gasteiger partial charge in [0.05, 0.1) is 30.6 Å². The molecule has 0 radical (unpaired) electrons. The van der Waals surface area contributed by atoms with E-state index >= 15 is 0 Å². The summed E-state index contributed by atoms with van der Waals surface area (Å²) in [5.41, 5.74) is 1.88. The number of aryl methyl sites for hydroxylation is 2. The first-order chi connectivity index (χ1) is 16.8. The van der Waals surface area contributed by atoms with Crippen LogP contribution in [0.2, 0.25) is 0 Å². The molecule has 4 atom stereocenters. The number of hydrogen-bond acceptors (Lipinski definition) is 6. The lowest BCUT2D eigenvalue weighted by Crippen LogP contribution is -2.67. The monoisotopic (exact) mass is 475 g/mol. The van der Waals surface area contributed by atoms with Crippen molar-refractivity contribution in [3.05, 3.63) is 65.2 Å². The summed E-state index contributed by atoms with van der Waals surface area (Å²) < 4.78 is 5.23. The molecular weight excluding hydrogens is 446 g/mol. The number of imide groups is 1. The van der Waals surface area contributed by atoms with E-state index in [0.29, 0.717) is 18.8 Å². The molecule has 35 heavy (non-hydrogen) atoms. The van der Waals surface area contributed by atoms with E-state index in [9.17, 15) is 19.2 Å². The summed E-state index contributed by atoms with van der Waals surface area (Å²) in [6.07, 6.45) is -0.295. The number of esters is 1. The van der Waals surface area contributed by atoms with Crippen molar-refractivity contribution in [3.63, 3.8) is 0 Å². The van der Waals surface area contributed by atoms with Crippen LogP contribution in [0.3, 0.4) is 0 Å². The lowest BCUT2D eigenvalue weighted by Gasteiger charge is -2.45. The van der Waals surface area contributed by atoms with Crippen LogP contribution in [0.5, 0.6) is 0 Å². The first-order valence-corrected chi connectivity index (χ1v) is 12.0. The van der Waals surface area contributed by atoms with Gasteiger partial charge in [-0.05, 0) is 38.5 Å². The predicted molar refractivity (Wildman–Crippen MR) is 128 cm³/mol. The first-order valence-electron chi connectivity index (χ1n) is 12.0. The number of carbonyl (C=O) groups excluding carboxylic acids is 4. The van der Waals surface area contributed by atoms with E-state index in [4.69, 9.17) is 4.74 Å². The molecule has 3 aliphatic rings. The van der Waals surface area contributed by atoms with E-state index in [0.717, 1.165) is 16.7 Å². The predicted octanol–water partition coefficient (Wildman–Crippen LogP) is 2.29. The Kier molecular flexibility index (Phi) is 5.71. The molecule has 3 heterocycles. The van der Waals surface area contributed by atoms with E-state index in [-0.39, 0.29) is 18.9 Å². The fourth-order valence-corrected chi connectivity index (χ4v) is 6.01. The number of benzene rings is 2. The van der Waals surface area contributed by atoms with Gasteiger partial charge in [0.15, 0.2) is 0 Å². The molecule has 2 aromatic rings. The Morgan fingerprint density at radius 3 is 2.26 bits per heavy atom. The molecule has 5 rings (SSSR count). The smallest absolute Gasteiger partial charge is 0.308 e. The number of hydrogen-bond donors (Lipinski definition) is 1. The van der Waals surface area contributed by atoms with E-state index in [1.165, 1.54) is 4.90 Å². The minimum Gasteiger partial charge on any atom is -0.466 e. The lowest BCUT2D eigenvalue weighted by molar-refractivity contribution is -0.156. The van der Waals surface area contributed by atoms with Crippen molar-refractivity contribution in [2.45, 2.75) is 38.8 Å². The molecular formula is C27H29N3O5. The highest BCUT2D eigenvalue weighted by Crippen LogP contribution is 2.57. The summed E-state index contributed by atoms with van der Waals surface area (Å²) in [4.78, 5) is 57.5. The molecule has 4 unspecified atom stereocenters. The van der Waals surface area contributed by atoms with Crippen molar-refractivity contribution in [3.8, 4) is 0 Å². The van der Waals surface area contributed by atoms with Crippen LogP contribution in [0.1, 0.15) is 36.1 Å². The molecule has 0 spiro atoms. The number of carbonyl (C=O) groups is 4. The van der Waals surface area contributed by atoms with Crippen molar-refractivity contribution < 1.29 is 23.9 Å². The highest BCUT2D eigenvalue weighted by molar-refractivity contribution is 6.24. The van der Waals surface area contributed by atoms with Gasteiger partial charge in [0.2, 0.25) is 17.7 Å². The van der Waals surface area contributed by atoms with E-state index in [2.05, 4.69) is 5.32 Å². The molecule has 3 aliphatic heterocycles. The molecule has 0 aromatic heterocycles. The van der Waals surface area contributed by atoms with Gasteiger partial charge in [0.1, 0.15) is 5.54 Å². The fourth-order valence-electron chi connectivity index (χ4n) is 6.01. The maximum absolute atomic E-state index is 14.0. The van der Waals surface area contributed by atoms with Crippen molar-refractivity contribution in [1.29, 1.82) is 0 Å². The molecule has 0 aliphatic carbocycles. The zero-order valence-electron chi connectivity index (χ0n) is 20.1. The molecule has 8 nitrogen and oxygen atoms in total. The van der Waals surface area contributed by atoms with Crippen LogP contribution in [0.15, 0.2) is 48.5 Å². The number of anilines is 1. The van der Waals surface area contributed by atoms with Gasteiger partial charge in [-0.1, -0.05) is 47.5 Å². The zero-order chi connectivity index (χ0) is 24.9. The number of nitrogens with zero attached hydrogens (tertiary/aromatic N) is 2. The number of nitrogens with one attached hydrogen (secondary N) is 1. The van der Waals surface area contributed by atoms with Crippen LogP contribution < -0.4 is 10.2 Å². The van der Waals surface area contributed by atoms with Gasteiger partial charge in [-0.25, -0.2) is 4.90 Å². The third kappa shape index (κ3) is 3.46. The van der Waals surface area contributed by atoms with Gasteiger partial charge in [0.25, 0.3) is 0 Å². The Labute approximate surface area is 204 Å². The van der Waals surface area contributed by atoms with Crippen molar-refractivity contribution in [2.75, 3.05) is 24.6 Å². The summed E-state index contributed by atoms with van der Waals surface area (Å²) in [5.74, 6) is -3.58. The number of fused-ring (bicyclic) bond motifs is 3. The molecule has 0 bridgehead atoms. The van der Waals surface area contributed by atoms with Crippen molar-refractivity contribution in [1.82, 2.24) is 10.2 Å². The number of rotatable bonds is 5. The minimum absolute atomic E-state index is 0.161. The third-order valence-corrected chi connectivity index (χ3v) is 7.52. The highest BCUT2D eigenvalue weighted by atomic mass is 16.5.